The van der Waals surface area contributed by atoms with Crippen molar-refractivity contribution in [3.63, 3.8) is 0 Å². The number of aliphatic hydroxyl groups is 2. The van der Waals surface area contributed by atoms with Gasteiger partial charge in [-0.3, -0.25) is 0 Å². The summed E-state index contributed by atoms with van der Waals surface area (Å²) in [6.45, 7) is 2.85. The number of hydrogen-bond acceptors (Lipinski definition) is 2. The van der Waals surface area contributed by atoms with Crippen LogP contribution in [0.2, 0.25) is 0 Å². The van der Waals surface area contributed by atoms with Crippen molar-refractivity contribution in [2.24, 2.45) is 0 Å². The predicted molar refractivity (Wildman–Crippen MR) is 23.6 cm³/mol. The monoisotopic (exact) mass is 88.1 g/mol. The Balaban J connectivity index is 3.68. The SMILES string of the molecule is CC(O)=C(C)O. The molecule has 0 aliphatic heterocycles. The molecule has 0 bridgehead atoms. The minimum Gasteiger partial charge on any atom is -0.509 e. The molecule has 0 unspecified atom stereocenters. The number of hydrogen-bond donors (Lipinski definition) is 2. The van der Waals surface area contributed by atoms with Gasteiger partial charge in [-0.15, -0.1) is 0 Å². The first kappa shape index (κ1) is 5.34. The molecule has 0 aliphatic carbocycles. The van der Waals surface area contributed by atoms with E-state index in [0.717, 1.165) is 0 Å². The maximum absolute atomic E-state index is 8.26. The normalized spacial score (nSPS) is 13.7. The lowest BCUT2D eigenvalue weighted by Crippen LogP contribution is -1.76. The molecule has 0 aliphatic rings. The zero-order valence-electron chi connectivity index (χ0n) is 3.89. The smallest absolute Gasteiger partial charge is 0.126 e. The molecular formula is C4H8O2. The van der Waals surface area contributed by atoms with Gasteiger partial charge in [-0.2, -0.15) is 0 Å². The molecule has 0 aromatic rings. The highest BCUT2D eigenvalue weighted by Crippen LogP contribution is 1.89. The average molecular weight is 88.1 g/mol. The fourth-order valence-electron chi connectivity index (χ4n) is 0. The van der Waals surface area contributed by atoms with E-state index in [4.69, 9.17) is 10.2 Å². The van der Waals surface area contributed by atoms with E-state index in [9.17, 15) is 0 Å². The largest absolute Gasteiger partial charge is 0.509 e. The molecule has 0 heterocycles. The summed E-state index contributed by atoms with van der Waals surface area (Å²) in [6, 6.07) is 0. The van der Waals surface area contributed by atoms with Gasteiger partial charge < -0.3 is 10.2 Å². The molecule has 0 fully saturated rings. The predicted octanol–water partition coefficient (Wildman–Crippen LogP) is 1.35. The Kier molecular flexibility index (Phi) is 1.51. The molecule has 0 aromatic carbocycles. The summed E-state index contributed by atoms with van der Waals surface area (Å²) in [5.74, 6) is -0.0370. The van der Waals surface area contributed by atoms with E-state index < -0.39 is 0 Å². The lowest BCUT2D eigenvalue weighted by Gasteiger charge is -1.86. The van der Waals surface area contributed by atoms with Crippen molar-refractivity contribution in [1.29, 1.82) is 0 Å². The second-order valence-electron chi connectivity index (χ2n) is 1.17. The molecule has 6 heavy (non-hydrogen) atoms. The van der Waals surface area contributed by atoms with Crippen LogP contribution in [0, 0.1) is 0 Å². The minimum absolute atomic E-state index is 0.0185. The van der Waals surface area contributed by atoms with Crippen molar-refractivity contribution in [2.75, 3.05) is 0 Å². The zero-order valence-corrected chi connectivity index (χ0v) is 3.89. The van der Waals surface area contributed by atoms with Crippen molar-refractivity contribution in [1.82, 2.24) is 0 Å². The van der Waals surface area contributed by atoms with Gasteiger partial charge in [-0.1, -0.05) is 0 Å². The number of aliphatic hydroxyl groups excluding tert-OH is 2. The van der Waals surface area contributed by atoms with Gasteiger partial charge in [0.15, 0.2) is 0 Å². The lowest BCUT2D eigenvalue weighted by molar-refractivity contribution is 0.328. The quantitative estimate of drug-likeness (QED) is 0.439. The van der Waals surface area contributed by atoms with Gasteiger partial charge in [0.2, 0.25) is 0 Å². The maximum Gasteiger partial charge on any atom is 0.126 e. The highest BCUT2D eigenvalue weighted by molar-refractivity contribution is 4.89. The Hall–Kier alpha value is -0.660. The summed E-state index contributed by atoms with van der Waals surface area (Å²) in [4.78, 5) is 0. The van der Waals surface area contributed by atoms with Gasteiger partial charge in [0.05, 0.1) is 0 Å². The van der Waals surface area contributed by atoms with Crippen LogP contribution in [0.1, 0.15) is 13.8 Å². The van der Waals surface area contributed by atoms with Gasteiger partial charge in [-0.25, -0.2) is 0 Å². The molecule has 0 saturated carbocycles. The van der Waals surface area contributed by atoms with Crippen LogP contribution in [0.25, 0.3) is 0 Å². The van der Waals surface area contributed by atoms with E-state index in [1.165, 1.54) is 13.8 Å². The van der Waals surface area contributed by atoms with Gasteiger partial charge in [0, 0.05) is 0 Å². The standard InChI is InChI=1S/C4H8O2/c1-3(5)4(2)6/h5-6H,1-2H3. The zero-order chi connectivity index (χ0) is 5.15. The van der Waals surface area contributed by atoms with Crippen LogP contribution in [0.5, 0.6) is 0 Å². The first-order valence-electron chi connectivity index (χ1n) is 1.70. The van der Waals surface area contributed by atoms with Crippen molar-refractivity contribution < 1.29 is 10.2 Å². The first-order valence-corrected chi connectivity index (χ1v) is 1.70. The van der Waals surface area contributed by atoms with Crippen LogP contribution in [-0.2, 0) is 0 Å². The molecule has 0 rings (SSSR count). The van der Waals surface area contributed by atoms with E-state index >= 15 is 0 Å². The van der Waals surface area contributed by atoms with Gasteiger partial charge in [0.1, 0.15) is 11.5 Å². The van der Waals surface area contributed by atoms with Crippen LogP contribution < -0.4 is 0 Å². The highest BCUT2D eigenvalue weighted by Gasteiger charge is 1.82. The van der Waals surface area contributed by atoms with E-state index in [1.807, 2.05) is 0 Å². The number of allylic oxidation sites excluding steroid dienone is 2. The summed E-state index contributed by atoms with van der Waals surface area (Å²) < 4.78 is 0. The summed E-state index contributed by atoms with van der Waals surface area (Å²) >= 11 is 0. The van der Waals surface area contributed by atoms with Crippen LogP contribution in [0.4, 0.5) is 0 Å². The molecular weight excluding hydrogens is 80.0 g/mol. The molecule has 0 saturated heterocycles. The van der Waals surface area contributed by atoms with E-state index in [1.54, 1.807) is 0 Å². The Morgan fingerprint density at radius 2 is 1.17 bits per heavy atom. The molecule has 0 spiro atoms. The molecule has 0 amide bonds. The van der Waals surface area contributed by atoms with Gasteiger partial charge in [0.25, 0.3) is 0 Å². The molecule has 2 heteroatoms. The van der Waals surface area contributed by atoms with Crippen LogP contribution >= 0.6 is 0 Å². The van der Waals surface area contributed by atoms with Crippen molar-refractivity contribution in [3.8, 4) is 0 Å². The molecule has 0 aromatic heterocycles. The summed E-state index contributed by atoms with van der Waals surface area (Å²) in [6.07, 6.45) is 0. The van der Waals surface area contributed by atoms with Crippen LogP contribution in [-0.4, -0.2) is 10.2 Å². The lowest BCUT2D eigenvalue weighted by atomic mass is 10.5. The molecule has 0 atom stereocenters. The van der Waals surface area contributed by atoms with Gasteiger partial charge in [-0.05, 0) is 13.8 Å². The topological polar surface area (TPSA) is 40.5 Å². The van der Waals surface area contributed by atoms with Crippen molar-refractivity contribution >= 4 is 0 Å². The van der Waals surface area contributed by atoms with Crippen molar-refractivity contribution in [3.05, 3.63) is 11.5 Å². The number of rotatable bonds is 0. The Morgan fingerprint density at radius 1 is 1.00 bits per heavy atom. The van der Waals surface area contributed by atoms with E-state index in [-0.39, 0.29) is 11.5 Å². The van der Waals surface area contributed by atoms with Crippen LogP contribution in [0.3, 0.4) is 0 Å². The third-order valence-electron chi connectivity index (χ3n) is 0.524. The van der Waals surface area contributed by atoms with Crippen LogP contribution in [0.15, 0.2) is 11.5 Å². The second kappa shape index (κ2) is 1.70. The average Bonchev–Trinajstić information content (AvgIpc) is 1.36. The molecule has 0 radical (unpaired) electrons. The molecule has 36 valence electrons. The maximum atomic E-state index is 8.26. The fourth-order valence-corrected chi connectivity index (χ4v) is 0. The molecule has 2 nitrogen and oxygen atoms in total. The third kappa shape index (κ3) is 1.64. The first-order chi connectivity index (χ1) is 2.64. The second-order valence-corrected chi connectivity index (χ2v) is 1.17. The summed E-state index contributed by atoms with van der Waals surface area (Å²) in [7, 11) is 0. The Labute approximate surface area is 36.7 Å². The Morgan fingerprint density at radius 3 is 1.17 bits per heavy atom. The minimum atomic E-state index is -0.0185. The van der Waals surface area contributed by atoms with E-state index in [0.29, 0.717) is 0 Å². The Bertz CT molecular complexity index is 55.6. The van der Waals surface area contributed by atoms with Crippen molar-refractivity contribution in [2.45, 2.75) is 13.8 Å². The highest BCUT2D eigenvalue weighted by atomic mass is 16.3. The van der Waals surface area contributed by atoms with E-state index in [2.05, 4.69) is 0 Å². The molecule has 2 N–H and O–H groups in total. The fraction of sp³-hybridized carbons (Fsp3) is 0.500. The van der Waals surface area contributed by atoms with Gasteiger partial charge >= 0.3 is 0 Å². The summed E-state index contributed by atoms with van der Waals surface area (Å²) in [5, 5.41) is 16.5. The third-order valence-corrected chi connectivity index (χ3v) is 0.524. The summed E-state index contributed by atoms with van der Waals surface area (Å²) in [5.41, 5.74) is 0.